The van der Waals surface area contributed by atoms with Crippen LogP contribution in [0.15, 0.2) is 48.5 Å². The molecule has 0 aliphatic heterocycles. The lowest BCUT2D eigenvalue weighted by atomic mass is 10.2. The Morgan fingerprint density at radius 3 is 1.78 bits per heavy atom. The molecule has 0 radical (unpaired) electrons. The zero-order valence-electron chi connectivity index (χ0n) is 22.2. The predicted octanol–water partition coefficient (Wildman–Crippen LogP) is 5.27. The highest BCUT2D eigenvalue weighted by molar-refractivity contribution is 5.68. The second-order valence-electron chi connectivity index (χ2n) is 9.60. The molecule has 1 amide bonds. The molecule has 8 heteroatoms. The molecule has 0 aliphatic rings. The standard InChI is InChI=1S/C29H38N4O4/c1-29(2,3)37-28(34)33(19-7-21-36-27-14-10-25(23-31)11-15-27)18-5-4-16-32-17-6-20-35-26-12-8-24(22-30)9-13-26/h8-15,32H,4-7,16-21H2,1-3H3. The topological polar surface area (TPSA) is 108 Å². The van der Waals surface area contributed by atoms with Crippen molar-refractivity contribution in [2.24, 2.45) is 0 Å². The van der Waals surface area contributed by atoms with E-state index in [1.165, 1.54) is 0 Å². The van der Waals surface area contributed by atoms with Gasteiger partial charge in [-0.3, -0.25) is 0 Å². The van der Waals surface area contributed by atoms with E-state index in [1.54, 1.807) is 41.3 Å². The molecule has 1 N–H and O–H groups in total. The Morgan fingerprint density at radius 1 is 0.784 bits per heavy atom. The highest BCUT2D eigenvalue weighted by atomic mass is 16.6. The van der Waals surface area contributed by atoms with E-state index in [9.17, 15) is 4.79 Å². The smallest absolute Gasteiger partial charge is 0.410 e. The van der Waals surface area contributed by atoms with Crippen molar-refractivity contribution in [3.05, 3.63) is 59.7 Å². The van der Waals surface area contributed by atoms with Gasteiger partial charge in [0.2, 0.25) is 0 Å². The SMILES string of the molecule is CC(C)(C)OC(=O)N(CCCCNCCCOc1ccc(C#N)cc1)CCCOc1ccc(C#N)cc1. The number of rotatable bonds is 15. The van der Waals surface area contributed by atoms with E-state index in [-0.39, 0.29) is 6.09 Å². The first kappa shape index (κ1) is 29.5. The molecule has 2 aromatic rings. The molecule has 198 valence electrons. The van der Waals surface area contributed by atoms with Crippen LogP contribution in [0.4, 0.5) is 4.79 Å². The van der Waals surface area contributed by atoms with Gasteiger partial charge in [-0.25, -0.2) is 4.79 Å². The molecular weight excluding hydrogens is 468 g/mol. The zero-order chi connectivity index (χ0) is 26.9. The second kappa shape index (κ2) is 16.1. The van der Waals surface area contributed by atoms with E-state index in [4.69, 9.17) is 24.7 Å². The minimum Gasteiger partial charge on any atom is -0.494 e. The Balaban J connectivity index is 1.62. The second-order valence-corrected chi connectivity index (χ2v) is 9.60. The lowest BCUT2D eigenvalue weighted by Gasteiger charge is -2.27. The van der Waals surface area contributed by atoms with E-state index in [2.05, 4.69) is 17.5 Å². The number of hydrogen-bond acceptors (Lipinski definition) is 7. The van der Waals surface area contributed by atoms with Crippen LogP contribution < -0.4 is 14.8 Å². The van der Waals surface area contributed by atoms with Crippen LogP contribution in [0, 0.1) is 22.7 Å². The summed E-state index contributed by atoms with van der Waals surface area (Å²) in [5.74, 6) is 1.47. The van der Waals surface area contributed by atoms with Crippen molar-refractivity contribution in [2.75, 3.05) is 39.4 Å². The minimum absolute atomic E-state index is 0.307. The highest BCUT2D eigenvalue weighted by Gasteiger charge is 2.21. The van der Waals surface area contributed by atoms with Crippen molar-refractivity contribution in [1.29, 1.82) is 10.5 Å². The van der Waals surface area contributed by atoms with Crippen LogP contribution in [0.5, 0.6) is 11.5 Å². The Bertz CT molecular complexity index is 1020. The summed E-state index contributed by atoms with van der Waals surface area (Å²) in [4.78, 5) is 14.4. The number of amides is 1. The molecule has 0 atom stereocenters. The van der Waals surface area contributed by atoms with Gasteiger partial charge in [0, 0.05) is 13.1 Å². The van der Waals surface area contributed by atoms with E-state index < -0.39 is 5.60 Å². The van der Waals surface area contributed by atoms with Crippen LogP contribution in [0.2, 0.25) is 0 Å². The van der Waals surface area contributed by atoms with Crippen LogP contribution in [-0.4, -0.2) is 56.0 Å². The monoisotopic (exact) mass is 506 g/mol. The summed E-state index contributed by atoms with van der Waals surface area (Å²) < 4.78 is 17.0. The summed E-state index contributed by atoms with van der Waals surface area (Å²) in [5.41, 5.74) is 0.667. The normalized spacial score (nSPS) is 10.7. The molecule has 0 unspecified atom stereocenters. The predicted molar refractivity (Wildman–Crippen MR) is 142 cm³/mol. The van der Waals surface area contributed by atoms with E-state index in [0.29, 0.717) is 49.6 Å². The lowest BCUT2D eigenvalue weighted by Crippen LogP contribution is -2.38. The fraction of sp³-hybridized carbons (Fsp3) is 0.483. The lowest BCUT2D eigenvalue weighted by molar-refractivity contribution is 0.0239. The number of unbranched alkanes of at least 4 members (excludes halogenated alkanes) is 1. The molecule has 0 spiro atoms. The largest absolute Gasteiger partial charge is 0.494 e. The van der Waals surface area contributed by atoms with Crippen molar-refractivity contribution in [2.45, 2.75) is 52.1 Å². The average molecular weight is 507 g/mol. The fourth-order valence-corrected chi connectivity index (χ4v) is 3.38. The maximum atomic E-state index is 12.7. The van der Waals surface area contributed by atoms with E-state index in [1.807, 2.05) is 32.9 Å². The van der Waals surface area contributed by atoms with E-state index >= 15 is 0 Å². The van der Waals surface area contributed by atoms with Gasteiger partial charge < -0.3 is 24.4 Å². The summed E-state index contributed by atoms with van der Waals surface area (Å²) >= 11 is 0. The fourth-order valence-electron chi connectivity index (χ4n) is 3.38. The number of nitrogens with one attached hydrogen (secondary N) is 1. The molecule has 0 saturated heterocycles. The summed E-state index contributed by atoms with van der Waals surface area (Å²) in [6, 6.07) is 18.3. The maximum Gasteiger partial charge on any atom is 0.410 e. The van der Waals surface area contributed by atoms with Gasteiger partial charge in [0.1, 0.15) is 17.1 Å². The quantitative estimate of drug-likeness (QED) is 0.328. The van der Waals surface area contributed by atoms with Crippen LogP contribution in [0.3, 0.4) is 0 Å². The highest BCUT2D eigenvalue weighted by Crippen LogP contribution is 2.14. The summed E-state index contributed by atoms with van der Waals surface area (Å²) in [7, 11) is 0. The van der Waals surface area contributed by atoms with Crippen LogP contribution in [-0.2, 0) is 4.74 Å². The van der Waals surface area contributed by atoms with Gasteiger partial charge in [-0.2, -0.15) is 10.5 Å². The average Bonchev–Trinajstić information content (AvgIpc) is 2.88. The van der Waals surface area contributed by atoms with Crippen LogP contribution in [0.25, 0.3) is 0 Å². The maximum absolute atomic E-state index is 12.7. The number of hydrogen-bond donors (Lipinski definition) is 1. The Labute approximate surface area is 220 Å². The molecule has 0 aromatic heterocycles. The number of nitrogens with zero attached hydrogens (tertiary/aromatic N) is 3. The Kier molecular flexibility index (Phi) is 12.8. The molecule has 0 fully saturated rings. The number of ether oxygens (including phenoxy) is 3. The van der Waals surface area contributed by atoms with Gasteiger partial charge in [0.25, 0.3) is 0 Å². The van der Waals surface area contributed by atoms with Gasteiger partial charge >= 0.3 is 6.09 Å². The summed E-state index contributed by atoms with van der Waals surface area (Å²) in [6.07, 6.45) is 3.06. The van der Waals surface area contributed by atoms with Crippen molar-refractivity contribution in [1.82, 2.24) is 10.2 Å². The first-order valence-corrected chi connectivity index (χ1v) is 12.8. The van der Waals surface area contributed by atoms with Crippen molar-refractivity contribution < 1.29 is 19.0 Å². The molecule has 0 bridgehead atoms. The van der Waals surface area contributed by atoms with Crippen LogP contribution >= 0.6 is 0 Å². The number of carbonyl (C=O) groups is 1. The first-order chi connectivity index (χ1) is 17.8. The zero-order valence-corrected chi connectivity index (χ0v) is 22.2. The molecule has 0 heterocycles. The summed E-state index contributed by atoms with van der Waals surface area (Å²) in [5, 5.41) is 21.1. The molecule has 8 nitrogen and oxygen atoms in total. The van der Waals surface area contributed by atoms with Gasteiger partial charge in [0.15, 0.2) is 0 Å². The van der Waals surface area contributed by atoms with Gasteiger partial charge in [-0.1, -0.05) is 0 Å². The molecule has 2 rings (SSSR count). The molecule has 0 aliphatic carbocycles. The van der Waals surface area contributed by atoms with Crippen molar-refractivity contribution in [3.63, 3.8) is 0 Å². The Morgan fingerprint density at radius 2 is 1.27 bits per heavy atom. The minimum atomic E-state index is -0.546. The van der Waals surface area contributed by atoms with Gasteiger partial charge in [0.05, 0.1) is 36.5 Å². The van der Waals surface area contributed by atoms with E-state index in [0.717, 1.165) is 38.1 Å². The Hall–Kier alpha value is -3.75. The molecule has 37 heavy (non-hydrogen) atoms. The first-order valence-electron chi connectivity index (χ1n) is 12.8. The van der Waals surface area contributed by atoms with Crippen LogP contribution in [0.1, 0.15) is 57.6 Å². The summed E-state index contributed by atoms with van der Waals surface area (Å²) in [6.45, 7) is 9.55. The number of benzene rings is 2. The third-order valence-corrected chi connectivity index (χ3v) is 5.26. The van der Waals surface area contributed by atoms with Gasteiger partial charge in [-0.05, 0) is 108 Å². The number of carbonyl (C=O) groups excluding carboxylic acids is 1. The number of nitriles is 2. The molecule has 0 saturated carbocycles. The molecular formula is C29H38N4O4. The van der Waals surface area contributed by atoms with Crippen molar-refractivity contribution >= 4 is 6.09 Å². The third-order valence-electron chi connectivity index (χ3n) is 5.26. The van der Waals surface area contributed by atoms with Crippen molar-refractivity contribution in [3.8, 4) is 23.6 Å². The third kappa shape index (κ3) is 12.7. The molecule has 2 aromatic carbocycles. The van der Waals surface area contributed by atoms with Gasteiger partial charge in [-0.15, -0.1) is 0 Å².